The van der Waals surface area contributed by atoms with Gasteiger partial charge in [0.25, 0.3) is 0 Å². The van der Waals surface area contributed by atoms with Gasteiger partial charge >= 0.3 is 0 Å². The number of hydrogen-bond acceptors (Lipinski definition) is 4. The molecule has 4 rings (SSSR count). The lowest BCUT2D eigenvalue weighted by molar-refractivity contribution is -0.127. The number of aryl methyl sites for hydroxylation is 1. The highest BCUT2D eigenvalue weighted by molar-refractivity contribution is 5.97. The van der Waals surface area contributed by atoms with Crippen LogP contribution in [0, 0.1) is 17.6 Å². The summed E-state index contributed by atoms with van der Waals surface area (Å²) in [4.78, 5) is 28.0. The molecular formula is C27H29F2N3O3. The Morgan fingerprint density at radius 1 is 1.09 bits per heavy atom. The van der Waals surface area contributed by atoms with Gasteiger partial charge in [-0.05, 0) is 79.6 Å². The Morgan fingerprint density at radius 3 is 2.46 bits per heavy atom. The lowest BCUT2D eigenvalue weighted by Gasteiger charge is -2.24. The molecule has 0 radical (unpaired) electrons. The van der Waals surface area contributed by atoms with E-state index in [-0.39, 0.29) is 31.1 Å². The maximum atomic E-state index is 13.8. The molecule has 35 heavy (non-hydrogen) atoms. The first kappa shape index (κ1) is 24.6. The van der Waals surface area contributed by atoms with Crippen LogP contribution in [0.4, 0.5) is 14.5 Å². The smallest absolute Gasteiger partial charge is 0.230 e. The number of ether oxygens (including phenoxy) is 1. The minimum atomic E-state index is -0.790. The summed E-state index contributed by atoms with van der Waals surface area (Å²) < 4.78 is 34.5. The third-order valence-corrected chi connectivity index (χ3v) is 6.49. The van der Waals surface area contributed by atoms with Crippen LogP contribution in [0.15, 0.2) is 48.7 Å². The van der Waals surface area contributed by atoms with Gasteiger partial charge in [0.1, 0.15) is 17.4 Å². The van der Waals surface area contributed by atoms with Crippen LogP contribution in [0.25, 0.3) is 0 Å². The lowest BCUT2D eigenvalue weighted by atomic mass is 9.92. The standard InChI is InChI=1S/C27H29F2N3O3/c1-31(23-7-9-25(35-2)10-8-23)27(34)20(11-18-12-21(28)15-22(29)13-18)14-24(33)17-32-26-6-4-3-5-19(26)16-30-32/h7-10,12-13,15-16,20H,3-6,11,14,17H2,1-2H3/t20-/m1/s1. The van der Waals surface area contributed by atoms with Crippen molar-refractivity contribution in [1.29, 1.82) is 0 Å². The van der Waals surface area contributed by atoms with E-state index in [1.54, 1.807) is 43.1 Å². The van der Waals surface area contributed by atoms with Crippen molar-refractivity contribution in [1.82, 2.24) is 9.78 Å². The van der Waals surface area contributed by atoms with Gasteiger partial charge in [-0.3, -0.25) is 14.3 Å². The van der Waals surface area contributed by atoms with Gasteiger partial charge in [0.15, 0.2) is 5.78 Å². The fourth-order valence-corrected chi connectivity index (χ4v) is 4.67. The number of benzene rings is 2. The average molecular weight is 482 g/mol. The van der Waals surface area contributed by atoms with E-state index < -0.39 is 17.6 Å². The molecule has 0 aliphatic heterocycles. The topological polar surface area (TPSA) is 64.4 Å². The van der Waals surface area contributed by atoms with Gasteiger partial charge in [0.2, 0.25) is 5.91 Å². The van der Waals surface area contributed by atoms with E-state index in [0.717, 1.165) is 37.4 Å². The highest BCUT2D eigenvalue weighted by atomic mass is 19.1. The molecule has 0 bridgehead atoms. The van der Waals surface area contributed by atoms with Crippen molar-refractivity contribution in [2.45, 2.75) is 45.1 Å². The summed E-state index contributed by atoms with van der Waals surface area (Å²) in [5.41, 5.74) is 3.20. The molecule has 8 heteroatoms. The number of halogens is 2. The number of carbonyl (C=O) groups excluding carboxylic acids is 2. The van der Waals surface area contributed by atoms with Crippen molar-refractivity contribution in [2.75, 3.05) is 19.1 Å². The quantitative estimate of drug-likeness (QED) is 0.451. The fourth-order valence-electron chi connectivity index (χ4n) is 4.67. The maximum Gasteiger partial charge on any atom is 0.230 e. The van der Waals surface area contributed by atoms with Crippen molar-refractivity contribution in [3.63, 3.8) is 0 Å². The Labute approximate surface area is 203 Å². The molecule has 3 aromatic rings. The third-order valence-electron chi connectivity index (χ3n) is 6.49. The summed E-state index contributed by atoms with van der Waals surface area (Å²) in [6, 6.07) is 10.1. The van der Waals surface area contributed by atoms with Crippen LogP contribution < -0.4 is 9.64 Å². The number of aromatic nitrogens is 2. The molecule has 0 spiro atoms. The second-order valence-electron chi connectivity index (χ2n) is 9.00. The van der Waals surface area contributed by atoms with Crippen molar-refractivity contribution in [2.24, 2.45) is 5.92 Å². The second kappa shape index (κ2) is 10.8. The molecule has 0 saturated carbocycles. The number of nitrogens with zero attached hydrogens (tertiary/aromatic N) is 3. The van der Waals surface area contributed by atoms with Crippen LogP contribution in [0.1, 0.15) is 36.1 Å². The van der Waals surface area contributed by atoms with Gasteiger partial charge in [0.05, 0.1) is 19.9 Å². The molecule has 0 saturated heterocycles. The second-order valence-corrected chi connectivity index (χ2v) is 9.00. The SMILES string of the molecule is COc1ccc(N(C)C(=O)[C@@H](CC(=O)Cn2ncc3c2CCCC3)Cc2cc(F)cc(F)c2)cc1. The van der Waals surface area contributed by atoms with Crippen molar-refractivity contribution in [3.05, 3.63) is 77.1 Å². The number of methoxy groups -OCH3 is 1. The van der Waals surface area contributed by atoms with Gasteiger partial charge in [-0.1, -0.05) is 0 Å². The maximum absolute atomic E-state index is 13.8. The zero-order valence-electron chi connectivity index (χ0n) is 20.0. The number of hydrogen-bond donors (Lipinski definition) is 0. The molecule has 1 aliphatic carbocycles. The van der Waals surface area contributed by atoms with Crippen LogP contribution >= 0.6 is 0 Å². The molecular weight excluding hydrogens is 452 g/mol. The highest BCUT2D eigenvalue weighted by Crippen LogP contribution is 2.25. The first-order valence-corrected chi connectivity index (χ1v) is 11.8. The summed E-state index contributed by atoms with van der Waals surface area (Å²) in [7, 11) is 3.18. The van der Waals surface area contributed by atoms with Crippen molar-refractivity contribution in [3.8, 4) is 5.75 Å². The molecule has 1 aliphatic rings. The predicted molar refractivity (Wildman–Crippen MR) is 128 cm³/mol. The first-order valence-electron chi connectivity index (χ1n) is 11.8. The van der Waals surface area contributed by atoms with E-state index in [4.69, 9.17) is 4.74 Å². The molecule has 184 valence electrons. The number of amides is 1. The van der Waals surface area contributed by atoms with Crippen LogP contribution in [0.2, 0.25) is 0 Å². The summed E-state index contributed by atoms with van der Waals surface area (Å²) in [5, 5.41) is 4.39. The third kappa shape index (κ3) is 5.93. The van der Waals surface area contributed by atoms with Gasteiger partial charge in [-0.25, -0.2) is 8.78 Å². The molecule has 2 aromatic carbocycles. The zero-order valence-corrected chi connectivity index (χ0v) is 20.0. The molecule has 1 atom stereocenters. The van der Waals surface area contributed by atoms with E-state index in [1.807, 2.05) is 6.20 Å². The molecule has 1 aromatic heterocycles. The van der Waals surface area contributed by atoms with Crippen LogP contribution in [-0.2, 0) is 35.4 Å². The Kier molecular flexibility index (Phi) is 7.58. The van der Waals surface area contributed by atoms with Crippen molar-refractivity contribution >= 4 is 17.4 Å². The Balaban J connectivity index is 1.54. The summed E-state index contributed by atoms with van der Waals surface area (Å²) in [5.74, 6) is -2.04. The number of rotatable bonds is 9. The Bertz CT molecular complexity index is 1190. The summed E-state index contributed by atoms with van der Waals surface area (Å²) in [6.45, 7) is 0.0723. The van der Waals surface area contributed by atoms with E-state index in [1.165, 1.54) is 22.6 Å². The van der Waals surface area contributed by atoms with Crippen LogP contribution in [0.3, 0.4) is 0 Å². The average Bonchev–Trinajstić information content (AvgIpc) is 3.25. The van der Waals surface area contributed by atoms with Gasteiger partial charge in [-0.2, -0.15) is 5.10 Å². The summed E-state index contributed by atoms with van der Waals surface area (Å²) >= 11 is 0. The molecule has 0 unspecified atom stereocenters. The van der Waals surface area contributed by atoms with E-state index in [2.05, 4.69) is 5.10 Å². The molecule has 0 N–H and O–H groups in total. The molecule has 1 heterocycles. The van der Waals surface area contributed by atoms with E-state index in [9.17, 15) is 18.4 Å². The fraction of sp³-hybridized carbons (Fsp3) is 0.370. The van der Waals surface area contributed by atoms with Crippen LogP contribution in [-0.4, -0.2) is 35.6 Å². The number of carbonyl (C=O) groups is 2. The van der Waals surface area contributed by atoms with E-state index in [0.29, 0.717) is 17.0 Å². The highest BCUT2D eigenvalue weighted by Gasteiger charge is 2.27. The van der Waals surface area contributed by atoms with Crippen LogP contribution in [0.5, 0.6) is 5.75 Å². The number of Topliss-reactive ketones (excluding diaryl/α,β-unsaturated/α-hetero) is 1. The predicted octanol–water partition coefficient (Wildman–Crippen LogP) is 4.53. The van der Waals surface area contributed by atoms with Gasteiger partial charge in [-0.15, -0.1) is 0 Å². The zero-order chi connectivity index (χ0) is 24.9. The summed E-state index contributed by atoms with van der Waals surface area (Å²) in [6.07, 6.45) is 5.81. The minimum Gasteiger partial charge on any atom is -0.497 e. The lowest BCUT2D eigenvalue weighted by Crippen LogP contribution is -2.35. The first-order chi connectivity index (χ1) is 16.8. The van der Waals surface area contributed by atoms with E-state index >= 15 is 0 Å². The monoisotopic (exact) mass is 481 g/mol. The normalized spacial score (nSPS) is 13.7. The molecule has 6 nitrogen and oxygen atoms in total. The number of ketones is 1. The minimum absolute atomic E-state index is 0.0387. The molecule has 0 fully saturated rings. The Morgan fingerprint density at radius 2 is 1.77 bits per heavy atom. The van der Waals surface area contributed by atoms with Gasteiger partial charge < -0.3 is 9.64 Å². The van der Waals surface area contributed by atoms with Gasteiger partial charge in [0, 0.05) is 36.8 Å². The number of anilines is 1. The molecule has 1 amide bonds. The van der Waals surface area contributed by atoms with Crippen molar-refractivity contribution < 1.29 is 23.1 Å². The number of fused-ring (bicyclic) bond motifs is 1. The largest absolute Gasteiger partial charge is 0.497 e. The Hall–Kier alpha value is -3.55.